The predicted molar refractivity (Wildman–Crippen MR) is 129 cm³/mol. The number of anilines is 2. The predicted octanol–water partition coefficient (Wildman–Crippen LogP) is 3.59. The summed E-state index contributed by atoms with van der Waals surface area (Å²) in [6, 6.07) is 9.87. The van der Waals surface area contributed by atoms with E-state index in [1.807, 2.05) is 24.3 Å². The highest BCUT2D eigenvalue weighted by Crippen LogP contribution is 2.39. The largest absolute Gasteiger partial charge is 0.496 e. The van der Waals surface area contributed by atoms with Crippen LogP contribution in [0.5, 0.6) is 5.75 Å². The Bertz CT molecular complexity index is 1170. The Hall–Kier alpha value is -3.07. The zero-order valence-electron chi connectivity index (χ0n) is 19.9. The molecule has 8 nitrogen and oxygen atoms in total. The lowest BCUT2D eigenvalue weighted by atomic mass is 9.84. The second kappa shape index (κ2) is 9.05. The Morgan fingerprint density at radius 2 is 1.73 bits per heavy atom. The Morgan fingerprint density at radius 1 is 1.09 bits per heavy atom. The molecule has 1 fully saturated rings. The first-order valence-electron chi connectivity index (χ1n) is 10.7. The summed E-state index contributed by atoms with van der Waals surface area (Å²) in [6.45, 7) is 7.83. The molecule has 2 aromatic rings. The fourth-order valence-electron chi connectivity index (χ4n) is 3.87. The Labute approximate surface area is 195 Å². The van der Waals surface area contributed by atoms with Gasteiger partial charge in [-0.2, -0.15) is 0 Å². The van der Waals surface area contributed by atoms with Crippen LogP contribution < -0.4 is 19.7 Å². The molecule has 0 saturated carbocycles. The van der Waals surface area contributed by atoms with Gasteiger partial charge in [-0.05, 0) is 60.6 Å². The average Bonchev–Trinajstić information content (AvgIpc) is 2.96. The number of benzene rings is 2. The zero-order chi connectivity index (χ0) is 24.6. The lowest BCUT2D eigenvalue weighted by Gasteiger charge is -2.27. The number of carbonyl (C=O) groups excluding carboxylic acids is 2. The number of carbonyl (C=O) groups is 2. The van der Waals surface area contributed by atoms with Gasteiger partial charge in [0, 0.05) is 11.3 Å². The highest BCUT2D eigenvalue weighted by atomic mass is 32.2. The minimum absolute atomic E-state index is 0.278. The van der Waals surface area contributed by atoms with Crippen LogP contribution in [0.1, 0.15) is 44.4 Å². The Morgan fingerprint density at radius 3 is 2.21 bits per heavy atom. The van der Waals surface area contributed by atoms with Crippen molar-refractivity contribution in [1.29, 1.82) is 0 Å². The van der Waals surface area contributed by atoms with E-state index >= 15 is 0 Å². The Kier molecular flexibility index (Phi) is 6.74. The number of amides is 3. The van der Waals surface area contributed by atoms with Crippen molar-refractivity contribution < 1.29 is 22.7 Å². The minimum Gasteiger partial charge on any atom is -0.496 e. The van der Waals surface area contributed by atoms with Crippen LogP contribution in [0.3, 0.4) is 0 Å². The summed E-state index contributed by atoms with van der Waals surface area (Å²) < 4.78 is 31.0. The minimum atomic E-state index is -3.33. The number of aryl methyl sites for hydroxylation is 2. The van der Waals surface area contributed by atoms with Crippen molar-refractivity contribution >= 4 is 33.3 Å². The third-order valence-electron chi connectivity index (χ3n) is 5.50. The molecule has 1 aliphatic rings. The van der Waals surface area contributed by atoms with Gasteiger partial charge >= 0.3 is 6.03 Å². The molecule has 1 saturated heterocycles. The standard InChI is InChI=1S/C24H31N3O5S/c1-15-22(28)27(23(29)25-15)19-13-17(21(32-5)20(14-19)24(2,3)4)10-7-16-8-11-18(12-9-16)26-33(6,30)31/h8-9,11-15,26H,7,10H2,1-6H3,(H,25,29). The molecule has 1 unspecified atom stereocenters. The summed E-state index contributed by atoms with van der Waals surface area (Å²) in [5.41, 5.74) is 3.56. The fourth-order valence-corrected chi connectivity index (χ4v) is 4.43. The van der Waals surface area contributed by atoms with Crippen LogP contribution in [0.4, 0.5) is 16.2 Å². The molecule has 1 atom stereocenters. The molecule has 0 bridgehead atoms. The fraction of sp³-hybridized carbons (Fsp3) is 0.417. The number of methoxy groups -OCH3 is 1. The van der Waals surface area contributed by atoms with Crippen LogP contribution in [-0.2, 0) is 33.1 Å². The van der Waals surface area contributed by atoms with E-state index in [0.29, 0.717) is 24.2 Å². The first kappa shape index (κ1) is 24.6. The van der Waals surface area contributed by atoms with Crippen LogP contribution in [0.2, 0.25) is 0 Å². The van der Waals surface area contributed by atoms with Gasteiger partial charge in [0.25, 0.3) is 5.91 Å². The number of ether oxygens (including phenoxy) is 1. The molecule has 3 rings (SSSR count). The van der Waals surface area contributed by atoms with Gasteiger partial charge in [0.1, 0.15) is 11.8 Å². The molecule has 0 radical (unpaired) electrons. The van der Waals surface area contributed by atoms with Gasteiger partial charge < -0.3 is 10.1 Å². The summed E-state index contributed by atoms with van der Waals surface area (Å²) >= 11 is 0. The van der Waals surface area contributed by atoms with Crippen molar-refractivity contribution in [1.82, 2.24) is 5.32 Å². The molecule has 0 spiro atoms. The highest BCUT2D eigenvalue weighted by molar-refractivity contribution is 7.92. The summed E-state index contributed by atoms with van der Waals surface area (Å²) in [7, 11) is -1.71. The lowest BCUT2D eigenvalue weighted by Crippen LogP contribution is -2.31. The maximum absolute atomic E-state index is 12.6. The summed E-state index contributed by atoms with van der Waals surface area (Å²) in [5, 5.41) is 2.66. The number of rotatable bonds is 7. The van der Waals surface area contributed by atoms with E-state index in [9.17, 15) is 18.0 Å². The quantitative estimate of drug-likeness (QED) is 0.598. The maximum Gasteiger partial charge on any atom is 0.329 e. The van der Waals surface area contributed by atoms with Gasteiger partial charge in [-0.15, -0.1) is 0 Å². The van der Waals surface area contributed by atoms with Gasteiger partial charge in [-0.3, -0.25) is 9.52 Å². The first-order valence-corrected chi connectivity index (χ1v) is 12.6. The molecule has 1 aliphatic heterocycles. The molecular weight excluding hydrogens is 442 g/mol. The summed E-state index contributed by atoms with van der Waals surface area (Å²) in [5.74, 6) is 0.451. The highest BCUT2D eigenvalue weighted by Gasteiger charge is 2.37. The number of imide groups is 1. The van der Waals surface area contributed by atoms with Crippen molar-refractivity contribution in [2.45, 2.75) is 52.0 Å². The maximum atomic E-state index is 12.6. The van der Waals surface area contributed by atoms with Crippen LogP contribution in [0, 0.1) is 0 Å². The van der Waals surface area contributed by atoms with Gasteiger partial charge in [-0.25, -0.2) is 18.1 Å². The molecule has 3 amide bonds. The number of nitrogens with one attached hydrogen (secondary N) is 2. The van der Waals surface area contributed by atoms with Crippen LogP contribution in [0.15, 0.2) is 36.4 Å². The van der Waals surface area contributed by atoms with Crippen LogP contribution in [0.25, 0.3) is 0 Å². The van der Waals surface area contributed by atoms with Crippen molar-refractivity contribution in [3.05, 3.63) is 53.1 Å². The normalized spacial score (nSPS) is 16.7. The van der Waals surface area contributed by atoms with Crippen molar-refractivity contribution in [2.24, 2.45) is 0 Å². The van der Waals surface area contributed by atoms with Gasteiger partial charge in [-0.1, -0.05) is 32.9 Å². The number of sulfonamides is 1. The number of urea groups is 1. The molecule has 2 aromatic carbocycles. The molecule has 33 heavy (non-hydrogen) atoms. The molecule has 0 aromatic heterocycles. The summed E-state index contributed by atoms with van der Waals surface area (Å²) in [6.07, 6.45) is 2.39. The average molecular weight is 474 g/mol. The monoisotopic (exact) mass is 473 g/mol. The molecule has 0 aliphatic carbocycles. The van der Waals surface area contributed by atoms with E-state index in [1.54, 1.807) is 26.2 Å². The molecule has 178 valence electrons. The molecular formula is C24H31N3O5S. The van der Waals surface area contributed by atoms with Gasteiger partial charge in [0.2, 0.25) is 10.0 Å². The van der Waals surface area contributed by atoms with Crippen molar-refractivity contribution in [3.8, 4) is 5.75 Å². The SMILES string of the molecule is COc1c(CCc2ccc(NS(C)(=O)=O)cc2)cc(N2C(=O)NC(C)C2=O)cc1C(C)(C)C. The lowest BCUT2D eigenvalue weighted by molar-refractivity contribution is -0.117. The van der Waals surface area contributed by atoms with E-state index in [0.717, 1.165) is 28.7 Å². The molecule has 2 N–H and O–H groups in total. The third-order valence-corrected chi connectivity index (χ3v) is 6.10. The van der Waals surface area contributed by atoms with E-state index in [2.05, 4.69) is 30.8 Å². The van der Waals surface area contributed by atoms with E-state index in [4.69, 9.17) is 4.74 Å². The van der Waals surface area contributed by atoms with E-state index in [-0.39, 0.29) is 11.3 Å². The number of nitrogens with zero attached hydrogens (tertiary/aromatic N) is 1. The van der Waals surface area contributed by atoms with Gasteiger partial charge in [0.15, 0.2) is 0 Å². The second-order valence-electron chi connectivity index (χ2n) is 9.35. The number of hydrogen-bond donors (Lipinski definition) is 2. The Balaban J connectivity index is 1.95. The molecule has 9 heteroatoms. The number of hydrogen-bond acceptors (Lipinski definition) is 5. The van der Waals surface area contributed by atoms with Crippen LogP contribution >= 0.6 is 0 Å². The molecule has 1 heterocycles. The first-order chi connectivity index (χ1) is 15.3. The smallest absolute Gasteiger partial charge is 0.329 e. The topological polar surface area (TPSA) is 105 Å². The van der Waals surface area contributed by atoms with Gasteiger partial charge in [0.05, 0.1) is 19.1 Å². The van der Waals surface area contributed by atoms with E-state index < -0.39 is 22.1 Å². The second-order valence-corrected chi connectivity index (χ2v) is 11.1. The third kappa shape index (κ3) is 5.65. The van der Waals surface area contributed by atoms with Crippen molar-refractivity contribution in [2.75, 3.05) is 23.0 Å². The van der Waals surface area contributed by atoms with Crippen molar-refractivity contribution in [3.63, 3.8) is 0 Å². The van der Waals surface area contributed by atoms with E-state index in [1.165, 1.54) is 4.90 Å². The van der Waals surface area contributed by atoms with Crippen LogP contribution in [-0.4, -0.2) is 39.8 Å². The summed E-state index contributed by atoms with van der Waals surface area (Å²) in [4.78, 5) is 26.3. The zero-order valence-corrected chi connectivity index (χ0v) is 20.7.